The van der Waals surface area contributed by atoms with E-state index in [1.165, 1.54) is 0 Å². The maximum absolute atomic E-state index is 6.22. The fourth-order valence-electron chi connectivity index (χ4n) is 2.37. The minimum atomic E-state index is -0.130. The Morgan fingerprint density at radius 3 is 2.65 bits per heavy atom. The summed E-state index contributed by atoms with van der Waals surface area (Å²) in [5.41, 5.74) is 13.5. The van der Waals surface area contributed by atoms with Gasteiger partial charge in [0.1, 0.15) is 0 Å². The molecule has 0 radical (unpaired) electrons. The Morgan fingerprint density at radius 1 is 1.41 bits per heavy atom. The van der Waals surface area contributed by atoms with E-state index in [0.717, 1.165) is 30.2 Å². The Kier molecular flexibility index (Phi) is 3.23. The minimum Gasteiger partial charge on any atom is -0.399 e. The first kappa shape index (κ1) is 12.5. The standard InChI is InChI=1S/C13H20ClN3/c1-13(2,16)9-5-6-17(8-9)12-4-3-10(15)7-11(12)14/h3-4,7,9H,5-6,8,15-16H2,1-2H3. The van der Waals surface area contributed by atoms with E-state index in [2.05, 4.69) is 18.7 Å². The van der Waals surface area contributed by atoms with Crippen LogP contribution in [-0.2, 0) is 0 Å². The first-order chi connectivity index (χ1) is 7.88. The van der Waals surface area contributed by atoms with Crippen LogP contribution < -0.4 is 16.4 Å². The van der Waals surface area contributed by atoms with Crippen molar-refractivity contribution in [1.29, 1.82) is 0 Å². The van der Waals surface area contributed by atoms with Gasteiger partial charge in [0.2, 0.25) is 0 Å². The molecule has 1 aliphatic heterocycles. The second-order valence-electron chi connectivity index (χ2n) is 5.46. The van der Waals surface area contributed by atoms with Crippen molar-refractivity contribution in [2.45, 2.75) is 25.8 Å². The van der Waals surface area contributed by atoms with Crippen LogP contribution in [0.1, 0.15) is 20.3 Å². The normalized spacial score (nSPS) is 20.9. The first-order valence-electron chi connectivity index (χ1n) is 5.97. The summed E-state index contributed by atoms with van der Waals surface area (Å²) in [5, 5.41) is 0.723. The molecule has 3 nitrogen and oxygen atoms in total. The van der Waals surface area contributed by atoms with Gasteiger partial charge in [-0.3, -0.25) is 0 Å². The van der Waals surface area contributed by atoms with Crippen LogP contribution >= 0.6 is 11.6 Å². The van der Waals surface area contributed by atoms with Crippen LogP contribution in [0.25, 0.3) is 0 Å². The van der Waals surface area contributed by atoms with Crippen molar-refractivity contribution in [2.75, 3.05) is 23.7 Å². The Hall–Kier alpha value is -0.930. The number of nitrogen functional groups attached to an aromatic ring is 1. The summed E-state index contributed by atoms with van der Waals surface area (Å²) in [6.45, 7) is 6.15. The van der Waals surface area contributed by atoms with E-state index in [0.29, 0.717) is 11.6 Å². The maximum Gasteiger partial charge on any atom is 0.0660 e. The van der Waals surface area contributed by atoms with Crippen LogP contribution in [0.4, 0.5) is 11.4 Å². The van der Waals surface area contributed by atoms with E-state index >= 15 is 0 Å². The number of hydrogen-bond acceptors (Lipinski definition) is 3. The van der Waals surface area contributed by atoms with Crippen molar-refractivity contribution in [3.05, 3.63) is 23.2 Å². The van der Waals surface area contributed by atoms with Gasteiger partial charge in [0.15, 0.2) is 0 Å². The smallest absolute Gasteiger partial charge is 0.0660 e. The molecule has 94 valence electrons. The van der Waals surface area contributed by atoms with E-state index in [9.17, 15) is 0 Å². The molecule has 1 unspecified atom stereocenters. The molecule has 0 bridgehead atoms. The van der Waals surface area contributed by atoms with Crippen molar-refractivity contribution in [1.82, 2.24) is 0 Å². The highest BCUT2D eigenvalue weighted by molar-refractivity contribution is 6.33. The monoisotopic (exact) mass is 253 g/mol. The van der Waals surface area contributed by atoms with Gasteiger partial charge >= 0.3 is 0 Å². The number of benzene rings is 1. The Morgan fingerprint density at radius 2 is 2.12 bits per heavy atom. The molecule has 4 N–H and O–H groups in total. The van der Waals surface area contributed by atoms with Crippen LogP contribution in [0.2, 0.25) is 5.02 Å². The third-order valence-corrected chi connectivity index (χ3v) is 3.86. The van der Waals surface area contributed by atoms with Crippen LogP contribution in [0, 0.1) is 5.92 Å². The predicted molar refractivity (Wildman–Crippen MR) is 74.5 cm³/mol. The average molecular weight is 254 g/mol. The molecule has 0 amide bonds. The summed E-state index contributed by atoms with van der Waals surface area (Å²) in [6.07, 6.45) is 1.12. The zero-order valence-corrected chi connectivity index (χ0v) is 11.2. The molecule has 1 heterocycles. The predicted octanol–water partition coefficient (Wildman–Crippen LogP) is 2.49. The Labute approximate surface area is 108 Å². The highest BCUT2D eigenvalue weighted by Gasteiger charge is 2.32. The number of nitrogens with two attached hydrogens (primary N) is 2. The van der Waals surface area contributed by atoms with Crippen molar-refractivity contribution in [3.8, 4) is 0 Å². The number of anilines is 2. The van der Waals surface area contributed by atoms with E-state index in [4.69, 9.17) is 23.1 Å². The summed E-state index contributed by atoms with van der Waals surface area (Å²) in [6, 6.07) is 5.68. The molecule has 1 aromatic carbocycles. The third kappa shape index (κ3) is 2.67. The van der Waals surface area contributed by atoms with Gasteiger partial charge in [-0.05, 0) is 44.4 Å². The topological polar surface area (TPSA) is 55.3 Å². The van der Waals surface area contributed by atoms with Gasteiger partial charge in [-0.1, -0.05) is 11.6 Å². The molecule has 0 aromatic heterocycles. The van der Waals surface area contributed by atoms with E-state index in [1.807, 2.05) is 12.1 Å². The lowest BCUT2D eigenvalue weighted by Gasteiger charge is -2.27. The molecule has 1 aromatic rings. The lowest BCUT2D eigenvalue weighted by molar-refractivity contribution is 0.348. The molecule has 4 heteroatoms. The van der Waals surface area contributed by atoms with Crippen LogP contribution in [0.5, 0.6) is 0 Å². The molecular formula is C13H20ClN3. The zero-order chi connectivity index (χ0) is 12.6. The fourth-order valence-corrected chi connectivity index (χ4v) is 2.67. The van der Waals surface area contributed by atoms with Gasteiger partial charge in [-0.25, -0.2) is 0 Å². The largest absolute Gasteiger partial charge is 0.399 e. The lowest BCUT2D eigenvalue weighted by Crippen LogP contribution is -2.42. The molecular weight excluding hydrogens is 234 g/mol. The van der Waals surface area contributed by atoms with Crippen LogP contribution in [0.3, 0.4) is 0 Å². The second-order valence-corrected chi connectivity index (χ2v) is 5.87. The molecule has 1 atom stereocenters. The van der Waals surface area contributed by atoms with Gasteiger partial charge in [-0.2, -0.15) is 0 Å². The minimum absolute atomic E-state index is 0.130. The van der Waals surface area contributed by atoms with Gasteiger partial charge in [-0.15, -0.1) is 0 Å². The Balaban J connectivity index is 2.15. The average Bonchev–Trinajstić information content (AvgIpc) is 2.65. The van der Waals surface area contributed by atoms with Crippen molar-refractivity contribution in [2.24, 2.45) is 11.7 Å². The molecule has 0 saturated carbocycles. The molecule has 0 spiro atoms. The number of rotatable bonds is 2. The second kappa shape index (κ2) is 4.39. The quantitative estimate of drug-likeness (QED) is 0.797. The number of halogens is 1. The van der Waals surface area contributed by atoms with Gasteiger partial charge in [0.05, 0.1) is 10.7 Å². The third-order valence-electron chi connectivity index (χ3n) is 3.55. The molecule has 1 fully saturated rings. The molecule has 0 aliphatic carbocycles. The summed E-state index contributed by atoms with van der Waals surface area (Å²) >= 11 is 6.22. The first-order valence-corrected chi connectivity index (χ1v) is 6.34. The maximum atomic E-state index is 6.22. The summed E-state index contributed by atoms with van der Waals surface area (Å²) in [7, 11) is 0. The molecule has 1 saturated heterocycles. The number of nitrogens with zero attached hydrogens (tertiary/aromatic N) is 1. The highest BCUT2D eigenvalue weighted by atomic mass is 35.5. The van der Waals surface area contributed by atoms with Crippen molar-refractivity contribution >= 4 is 23.0 Å². The van der Waals surface area contributed by atoms with Gasteiger partial charge < -0.3 is 16.4 Å². The fraction of sp³-hybridized carbons (Fsp3) is 0.538. The SMILES string of the molecule is CC(C)(N)C1CCN(c2ccc(N)cc2Cl)C1. The number of hydrogen-bond donors (Lipinski definition) is 2. The van der Waals surface area contributed by atoms with Crippen LogP contribution in [0.15, 0.2) is 18.2 Å². The summed E-state index contributed by atoms with van der Waals surface area (Å²) in [5.74, 6) is 0.510. The van der Waals surface area contributed by atoms with Crippen molar-refractivity contribution in [3.63, 3.8) is 0 Å². The van der Waals surface area contributed by atoms with E-state index < -0.39 is 0 Å². The van der Waals surface area contributed by atoms with E-state index in [1.54, 1.807) is 6.07 Å². The van der Waals surface area contributed by atoms with Gasteiger partial charge in [0, 0.05) is 24.3 Å². The Bertz CT molecular complexity index is 412. The summed E-state index contributed by atoms with van der Waals surface area (Å²) in [4.78, 5) is 2.29. The van der Waals surface area contributed by atoms with Crippen LogP contribution in [-0.4, -0.2) is 18.6 Å². The summed E-state index contributed by atoms with van der Waals surface area (Å²) < 4.78 is 0. The molecule has 2 rings (SSSR count). The molecule has 1 aliphatic rings. The lowest BCUT2D eigenvalue weighted by atomic mass is 9.88. The zero-order valence-electron chi connectivity index (χ0n) is 10.4. The highest BCUT2D eigenvalue weighted by Crippen LogP contribution is 2.34. The van der Waals surface area contributed by atoms with Crippen molar-refractivity contribution < 1.29 is 0 Å². The van der Waals surface area contributed by atoms with Gasteiger partial charge in [0.25, 0.3) is 0 Å². The molecule has 17 heavy (non-hydrogen) atoms. The van der Waals surface area contributed by atoms with E-state index in [-0.39, 0.29) is 5.54 Å².